The van der Waals surface area contributed by atoms with Gasteiger partial charge in [-0.2, -0.15) is 0 Å². The van der Waals surface area contributed by atoms with Crippen LogP contribution in [0.3, 0.4) is 0 Å². The molecule has 0 aliphatic heterocycles. The lowest BCUT2D eigenvalue weighted by atomic mass is 9.82. The fourth-order valence-electron chi connectivity index (χ4n) is 2.29. The van der Waals surface area contributed by atoms with E-state index in [4.69, 9.17) is 5.73 Å². The summed E-state index contributed by atoms with van der Waals surface area (Å²) in [6, 6.07) is 0.711. The molecule has 0 heterocycles. The summed E-state index contributed by atoms with van der Waals surface area (Å²) in [5.41, 5.74) is 6.30. The lowest BCUT2D eigenvalue weighted by molar-refractivity contribution is 0.0918. The maximum absolute atomic E-state index is 6.03. The average Bonchev–Trinajstić information content (AvgIpc) is 1.96. The molecule has 80 valence electrons. The van der Waals surface area contributed by atoms with E-state index in [1.807, 2.05) is 0 Å². The lowest BCUT2D eigenvalue weighted by Crippen LogP contribution is -2.53. The Morgan fingerprint density at radius 1 is 1.15 bits per heavy atom. The van der Waals surface area contributed by atoms with E-state index in [1.54, 1.807) is 0 Å². The Morgan fingerprint density at radius 2 is 1.54 bits per heavy atom. The molecule has 2 N–H and O–H groups in total. The van der Waals surface area contributed by atoms with E-state index in [-0.39, 0.29) is 11.5 Å². The number of likely N-dealkylation sites (N-methyl/N-ethyl adjacent to an activating group) is 1. The molecule has 0 radical (unpaired) electrons. The third-order valence-electron chi connectivity index (χ3n) is 2.59. The van der Waals surface area contributed by atoms with Gasteiger partial charge in [-0.05, 0) is 25.4 Å². The molecule has 0 fully saturated rings. The van der Waals surface area contributed by atoms with Crippen LogP contribution in [0.25, 0.3) is 0 Å². The first kappa shape index (κ1) is 12.9. The molecule has 0 bridgehead atoms. The van der Waals surface area contributed by atoms with Crippen molar-refractivity contribution in [2.75, 3.05) is 13.1 Å². The Bertz CT molecular complexity index is 132. The van der Waals surface area contributed by atoms with Gasteiger partial charge in [0.1, 0.15) is 0 Å². The van der Waals surface area contributed by atoms with Gasteiger partial charge < -0.3 is 5.73 Å². The Balaban J connectivity index is 4.59. The largest absolute Gasteiger partial charge is 0.327 e. The number of nitrogens with zero attached hydrogens (tertiary/aromatic N) is 1. The van der Waals surface area contributed by atoms with E-state index < -0.39 is 0 Å². The van der Waals surface area contributed by atoms with Gasteiger partial charge in [0.25, 0.3) is 0 Å². The highest BCUT2D eigenvalue weighted by Crippen LogP contribution is 2.26. The van der Waals surface area contributed by atoms with Crippen LogP contribution in [0.2, 0.25) is 0 Å². The van der Waals surface area contributed by atoms with Gasteiger partial charge in [0.2, 0.25) is 0 Å². The van der Waals surface area contributed by atoms with Crippen LogP contribution in [0.1, 0.15) is 41.5 Å². The quantitative estimate of drug-likeness (QED) is 0.728. The van der Waals surface area contributed by atoms with Gasteiger partial charge in [0, 0.05) is 12.1 Å². The molecule has 0 rings (SSSR count). The molecular formula is C11H26N2. The number of hydrogen-bond donors (Lipinski definition) is 1. The monoisotopic (exact) mass is 186 g/mol. The summed E-state index contributed by atoms with van der Waals surface area (Å²) in [6.07, 6.45) is 0. The molecule has 0 saturated carbocycles. The molecule has 0 aliphatic carbocycles. The predicted molar refractivity (Wildman–Crippen MR) is 59.8 cm³/mol. The molecule has 2 nitrogen and oxygen atoms in total. The summed E-state index contributed by atoms with van der Waals surface area (Å²) in [5.74, 6) is 0. The molecule has 0 aromatic carbocycles. The van der Waals surface area contributed by atoms with Crippen LogP contribution in [0.15, 0.2) is 0 Å². The molecular weight excluding hydrogens is 160 g/mol. The second-order valence-electron chi connectivity index (χ2n) is 4.89. The summed E-state index contributed by atoms with van der Waals surface area (Å²) in [6.45, 7) is 15.5. The van der Waals surface area contributed by atoms with E-state index in [9.17, 15) is 0 Å². The lowest BCUT2D eigenvalue weighted by Gasteiger charge is -2.41. The Morgan fingerprint density at radius 3 is 1.62 bits per heavy atom. The maximum Gasteiger partial charge on any atom is 0.0292 e. The first-order valence-corrected chi connectivity index (χ1v) is 5.34. The summed E-state index contributed by atoms with van der Waals surface area (Å²) in [5, 5.41) is 0. The number of hydrogen-bond acceptors (Lipinski definition) is 2. The van der Waals surface area contributed by atoms with Crippen molar-refractivity contribution in [3.8, 4) is 0 Å². The molecule has 0 amide bonds. The molecule has 2 unspecified atom stereocenters. The van der Waals surface area contributed by atoms with Gasteiger partial charge >= 0.3 is 0 Å². The van der Waals surface area contributed by atoms with Crippen LogP contribution < -0.4 is 5.73 Å². The van der Waals surface area contributed by atoms with Gasteiger partial charge in [0.05, 0.1) is 0 Å². The summed E-state index contributed by atoms with van der Waals surface area (Å²) < 4.78 is 0. The third kappa shape index (κ3) is 3.65. The molecule has 0 aromatic rings. The van der Waals surface area contributed by atoms with E-state index in [1.165, 1.54) is 0 Å². The predicted octanol–water partition coefficient (Wildman–Crippen LogP) is 2.09. The van der Waals surface area contributed by atoms with Crippen LogP contribution in [0, 0.1) is 5.41 Å². The van der Waals surface area contributed by atoms with Crippen molar-refractivity contribution in [1.29, 1.82) is 0 Å². The number of nitrogens with two attached hydrogens (primary N) is 1. The van der Waals surface area contributed by atoms with Crippen molar-refractivity contribution in [3.05, 3.63) is 0 Å². The Labute approximate surface area is 83.5 Å². The molecule has 2 atom stereocenters. The van der Waals surface area contributed by atoms with Crippen molar-refractivity contribution in [2.45, 2.75) is 53.6 Å². The smallest absolute Gasteiger partial charge is 0.0292 e. The molecule has 0 aliphatic rings. The minimum atomic E-state index is 0.236. The third-order valence-corrected chi connectivity index (χ3v) is 2.59. The summed E-state index contributed by atoms with van der Waals surface area (Å²) in [4.78, 5) is 2.45. The first-order chi connectivity index (χ1) is 5.84. The van der Waals surface area contributed by atoms with Crippen LogP contribution in [-0.2, 0) is 0 Å². The van der Waals surface area contributed by atoms with E-state index in [2.05, 4.69) is 46.4 Å². The maximum atomic E-state index is 6.03. The molecule has 13 heavy (non-hydrogen) atoms. The normalized spacial score (nSPS) is 17.5. The van der Waals surface area contributed by atoms with Crippen LogP contribution in [-0.4, -0.2) is 30.1 Å². The zero-order valence-corrected chi connectivity index (χ0v) is 10.1. The van der Waals surface area contributed by atoms with E-state index >= 15 is 0 Å². The fraction of sp³-hybridized carbons (Fsp3) is 1.00. The number of rotatable bonds is 4. The highest BCUT2D eigenvalue weighted by atomic mass is 15.2. The second kappa shape index (κ2) is 4.97. The van der Waals surface area contributed by atoms with Crippen molar-refractivity contribution < 1.29 is 0 Å². The average molecular weight is 186 g/mol. The topological polar surface area (TPSA) is 29.3 Å². The molecule has 0 spiro atoms. The molecule has 2 heteroatoms. The Hall–Kier alpha value is -0.0800. The van der Waals surface area contributed by atoms with Gasteiger partial charge in [-0.3, -0.25) is 4.90 Å². The van der Waals surface area contributed by atoms with Crippen molar-refractivity contribution in [2.24, 2.45) is 11.1 Å². The highest BCUT2D eigenvalue weighted by Gasteiger charge is 2.31. The second-order valence-corrected chi connectivity index (χ2v) is 4.89. The highest BCUT2D eigenvalue weighted by molar-refractivity contribution is 4.88. The minimum Gasteiger partial charge on any atom is -0.327 e. The minimum absolute atomic E-state index is 0.236. The zero-order chi connectivity index (χ0) is 10.6. The van der Waals surface area contributed by atoms with Crippen LogP contribution >= 0.6 is 0 Å². The standard InChI is InChI=1S/C11H26N2/c1-7-13(8-2)10(9(3)12)11(4,5)6/h9-10H,7-8,12H2,1-6H3. The summed E-state index contributed by atoms with van der Waals surface area (Å²) >= 11 is 0. The zero-order valence-electron chi connectivity index (χ0n) is 10.1. The van der Waals surface area contributed by atoms with E-state index in [0.29, 0.717) is 6.04 Å². The molecule has 0 aromatic heterocycles. The Kier molecular flexibility index (Phi) is 4.93. The van der Waals surface area contributed by atoms with Gasteiger partial charge in [-0.1, -0.05) is 34.6 Å². The van der Waals surface area contributed by atoms with Crippen molar-refractivity contribution in [1.82, 2.24) is 4.90 Å². The van der Waals surface area contributed by atoms with Crippen LogP contribution in [0.5, 0.6) is 0 Å². The van der Waals surface area contributed by atoms with Crippen molar-refractivity contribution in [3.63, 3.8) is 0 Å². The SMILES string of the molecule is CCN(CC)C(C(C)N)C(C)(C)C. The van der Waals surface area contributed by atoms with Crippen LogP contribution in [0.4, 0.5) is 0 Å². The fourth-order valence-corrected chi connectivity index (χ4v) is 2.29. The molecule has 0 saturated heterocycles. The van der Waals surface area contributed by atoms with Gasteiger partial charge in [0.15, 0.2) is 0 Å². The van der Waals surface area contributed by atoms with Gasteiger partial charge in [-0.25, -0.2) is 0 Å². The van der Waals surface area contributed by atoms with Gasteiger partial charge in [-0.15, -0.1) is 0 Å². The van der Waals surface area contributed by atoms with E-state index in [0.717, 1.165) is 13.1 Å². The first-order valence-electron chi connectivity index (χ1n) is 5.34. The summed E-state index contributed by atoms with van der Waals surface area (Å²) in [7, 11) is 0. The van der Waals surface area contributed by atoms with Crippen molar-refractivity contribution >= 4 is 0 Å².